The Bertz CT molecular complexity index is 998. The van der Waals surface area contributed by atoms with Crippen molar-refractivity contribution in [3.8, 4) is 0 Å². The summed E-state index contributed by atoms with van der Waals surface area (Å²) in [6, 6.07) is 11.4. The number of nitrogens with zero attached hydrogens (tertiary/aromatic N) is 1. The molecule has 0 unspecified atom stereocenters. The van der Waals surface area contributed by atoms with Crippen LogP contribution in [0.4, 0.5) is 11.4 Å². The number of imide groups is 1. The molecule has 0 radical (unpaired) electrons. The highest BCUT2D eigenvalue weighted by atomic mass is 32.2. The van der Waals surface area contributed by atoms with E-state index in [2.05, 4.69) is 9.46 Å². The van der Waals surface area contributed by atoms with Crippen LogP contribution in [-0.2, 0) is 24.3 Å². The van der Waals surface area contributed by atoms with Crippen molar-refractivity contribution in [1.29, 1.82) is 0 Å². The highest BCUT2D eigenvalue weighted by molar-refractivity contribution is 7.92. The quantitative estimate of drug-likeness (QED) is 0.619. The molecule has 3 rings (SSSR count). The number of hydrogen-bond donors (Lipinski definition) is 1. The second-order valence-corrected chi connectivity index (χ2v) is 7.44. The standard InChI is InChI=1S/C18H16N2O6S/c1-26-18(23)14-4-2-3-5-15(14)19-27(24,25)13-8-6-12(7-9-13)20-16(21)10-11-17(20)22/h2-9,19H,10-11H2,1H3. The first-order valence-corrected chi connectivity index (χ1v) is 9.48. The van der Waals surface area contributed by atoms with Crippen LogP contribution >= 0.6 is 0 Å². The summed E-state index contributed by atoms with van der Waals surface area (Å²) in [6.45, 7) is 0. The van der Waals surface area contributed by atoms with Gasteiger partial charge in [0.05, 0.1) is 28.9 Å². The van der Waals surface area contributed by atoms with Crippen molar-refractivity contribution in [1.82, 2.24) is 0 Å². The van der Waals surface area contributed by atoms with Gasteiger partial charge in [0.15, 0.2) is 0 Å². The number of nitrogens with one attached hydrogen (secondary N) is 1. The van der Waals surface area contributed by atoms with Gasteiger partial charge in [0.1, 0.15) is 0 Å². The number of esters is 1. The molecule has 1 saturated heterocycles. The van der Waals surface area contributed by atoms with E-state index in [1.54, 1.807) is 12.1 Å². The van der Waals surface area contributed by atoms with E-state index in [0.717, 1.165) is 4.90 Å². The Hall–Kier alpha value is -3.20. The Morgan fingerprint density at radius 2 is 1.59 bits per heavy atom. The number of carbonyl (C=O) groups is 3. The summed E-state index contributed by atoms with van der Waals surface area (Å²) in [5, 5.41) is 0. The molecule has 2 amide bonds. The average molecular weight is 388 g/mol. The van der Waals surface area contributed by atoms with Crippen molar-refractivity contribution < 1.29 is 27.5 Å². The van der Waals surface area contributed by atoms with Gasteiger partial charge < -0.3 is 4.74 Å². The highest BCUT2D eigenvalue weighted by Crippen LogP contribution is 2.25. The lowest BCUT2D eigenvalue weighted by Crippen LogP contribution is -2.28. The molecular formula is C18H16N2O6S. The monoisotopic (exact) mass is 388 g/mol. The fourth-order valence-corrected chi connectivity index (χ4v) is 3.78. The zero-order valence-electron chi connectivity index (χ0n) is 14.3. The third-order valence-electron chi connectivity index (χ3n) is 4.03. The number of benzene rings is 2. The minimum Gasteiger partial charge on any atom is -0.465 e. The molecule has 2 aromatic carbocycles. The number of rotatable bonds is 5. The third kappa shape index (κ3) is 3.68. The lowest BCUT2D eigenvalue weighted by molar-refractivity contribution is -0.121. The van der Waals surface area contributed by atoms with Crippen LogP contribution in [0.1, 0.15) is 23.2 Å². The Labute approximate surface area is 155 Å². The van der Waals surface area contributed by atoms with Crippen LogP contribution in [0.5, 0.6) is 0 Å². The summed E-state index contributed by atoms with van der Waals surface area (Å²) in [6.07, 6.45) is 0.287. The van der Waals surface area contributed by atoms with Crippen LogP contribution < -0.4 is 9.62 Å². The van der Waals surface area contributed by atoms with E-state index in [1.165, 1.54) is 43.5 Å². The topological polar surface area (TPSA) is 110 Å². The lowest BCUT2D eigenvalue weighted by atomic mass is 10.2. The molecule has 2 aromatic rings. The van der Waals surface area contributed by atoms with E-state index in [-0.39, 0.29) is 40.8 Å². The molecule has 1 aliphatic heterocycles. The van der Waals surface area contributed by atoms with Gasteiger partial charge in [-0.1, -0.05) is 12.1 Å². The number of carbonyl (C=O) groups excluding carboxylic acids is 3. The van der Waals surface area contributed by atoms with Gasteiger partial charge in [0.25, 0.3) is 10.0 Å². The summed E-state index contributed by atoms with van der Waals surface area (Å²) in [7, 11) is -2.79. The molecule has 9 heteroatoms. The van der Waals surface area contributed by atoms with E-state index in [0.29, 0.717) is 5.69 Å². The number of para-hydroxylation sites is 1. The van der Waals surface area contributed by atoms with E-state index >= 15 is 0 Å². The van der Waals surface area contributed by atoms with Crippen LogP contribution in [-0.4, -0.2) is 33.3 Å². The molecule has 1 aliphatic rings. The fraction of sp³-hybridized carbons (Fsp3) is 0.167. The van der Waals surface area contributed by atoms with Crippen molar-refractivity contribution in [2.75, 3.05) is 16.7 Å². The van der Waals surface area contributed by atoms with Crippen molar-refractivity contribution in [2.45, 2.75) is 17.7 Å². The van der Waals surface area contributed by atoms with Gasteiger partial charge in [-0.2, -0.15) is 0 Å². The molecule has 140 valence electrons. The predicted molar refractivity (Wildman–Crippen MR) is 96.8 cm³/mol. The van der Waals surface area contributed by atoms with Gasteiger partial charge in [-0.05, 0) is 36.4 Å². The Balaban J connectivity index is 1.87. The van der Waals surface area contributed by atoms with Gasteiger partial charge in [-0.3, -0.25) is 19.2 Å². The summed E-state index contributed by atoms with van der Waals surface area (Å²) >= 11 is 0. The number of hydrogen-bond acceptors (Lipinski definition) is 6. The van der Waals surface area contributed by atoms with Gasteiger partial charge in [0, 0.05) is 12.8 Å². The van der Waals surface area contributed by atoms with Crippen LogP contribution in [0.25, 0.3) is 0 Å². The molecule has 0 atom stereocenters. The minimum absolute atomic E-state index is 0.0773. The van der Waals surface area contributed by atoms with E-state index in [1.807, 2.05) is 0 Å². The second kappa shape index (κ2) is 7.20. The molecular weight excluding hydrogens is 372 g/mol. The first kappa shape index (κ1) is 18.6. The number of methoxy groups -OCH3 is 1. The maximum absolute atomic E-state index is 12.6. The maximum atomic E-state index is 12.6. The smallest absolute Gasteiger partial charge is 0.339 e. The van der Waals surface area contributed by atoms with Crippen LogP contribution in [0.2, 0.25) is 0 Å². The fourth-order valence-electron chi connectivity index (χ4n) is 2.70. The zero-order valence-corrected chi connectivity index (χ0v) is 15.2. The highest BCUT2D eigenvalue weighted by Gasteiger charge is 2.30. The maximum Gasteiger partial charge on any atom is 0.339 e. The summed E-state index contributed by atoms with van der Waals surface area (Å²) < 4.78 is 32.2. The SMILES string of the molecule is COC(=O)c1ccccc1NS(=O)(=O)c1ccc(N2C(=O)CCC2=O)cc1. The van der Waals surface area contributed by atoms with E-state index in [4.69, 9.17) is 0 Å². The molecule has 1 fully saturated rings. The van der Waals surface area contributed by atoms with Crippen LogP contribution in [0.15, 0.2) is 53.4 Å². The molecule has 0 bridgehead atoms. The molecule has 8 nitrogen and oxygen atoms in total. The Morgan fingerprint density at radius 3 is 2.19 bits per heavy atom. The molecule has 0 saturated carbocycles. The minimum atomic E-state index is -3.99. The third-order valence-corrected chi connectivity index (χ3v) is 5.41. The molecule has 1 N–H and O–H groups in total. The average Bonchev–Trinajstić information content (AvgIpc) is 2.99. The summed E-state index contributed by atoms with van der Waals surface area (Å²) in [4.78, 5) is 36.3. The Morgan fingerprint density at radius 1 is 1.00 bits per heavy atom. The van der Waals surface area contributed by atoms with Crippen molar-refractivity contribution >= 4 is 39.2 Å². The summed E-state index contributed by atoms with van der Waals surface area (Å²) in [5.74, 6) is -1.31. The number of sulfonamides is 1. The molecule has 27 heavy (non-hydrogen) atoms. The first-order chi connectivity index (χ1) is 12.8. The largest absolute Gasteiger partial charge is 0.465 e. The summed E-state index contributed by atoms with van der Waals surface area (Å²) in [5.41, 5.74) is 0.475. The number of amides is 2. The second-order valence-electron chi connectivity index (χ2n) is 5.76. The van der Waals surface area contributed by atoms with Crippen LogP contribution in [0, 0.1) is 0 Å². The van der Waals surface area contributed by atoms with Crippen molar-refractivity contribution in [2.24, 2.45) is 0 Å². The lowest BCUT2D eigenvalue weighted by Gasteiger charge is -2.15. The zero-order chi connectivity index (χ0) is 19.6. The predicted octanol–water partition coefficient (Wildman–Crippen LogP) is 1.93. The van der Waals surface area contributed by atoms with E-state index in [9.17, 15) is 22.8 Å². The number of anilines is 2. The van der Waals surface area contributed by atoms with E-state index < -0.39 is 16.0 Å². The molecule has 0 aromatic heterocycles. The first-order valence-electron chi connectivity index (χ1n) is 7.99. The van der Waals surface area contributed by atoms with Gasteiger partial charge in [-0.15, -0.1) is 0 Å². The van der Waals surface area contributed by atoms with Gasteiger partial charge in [0.2, 0.25) is 11.8 Å². The Kier molecular flexibility index (Phi) is 4.95. The normalized spacial score (nSPS) is 14.3. The molecule has 0 spiro atoms. The van der Waals surface area contributed by atoms with Gasteiger partial charge >= 0.3 is 5.97 Å². The van der Waals surface area contributed by atoms with Crippen molar-refractivity contribution in [3.63, 3.8) is 0 Å². The van der Waals surface area contributed by atoms with Crippen LogP contribution in [0.3, 0.4) is 0 Å². The molecule has 0 aliphatic carbocycles. The van der Waals surface area contributed by atoms with Gasteiger partial charge in [-0.25, -0.2) is 13.2 Å². The van der Waals surface area contributed by atoms with Crippen molar-refractivity contribution in [3.05, 3.63) is 54.1 Å². The molecule has 1 heterocycles. The number of ether oxygens (including phenoxy) is 1.